The van der Waals surface area contributed by atoms with Gasteiger partial charge in [0.05, 0.1) is 5.56 Å². The predicted octanol–water partition coefficient (Wildman–Crippen LogP) is 3.31. The maximum absolute atomic E-state index is 12.4. The Balaban J connectivity index is 2.23. The molecule has 98 valence electrons. The summed E-state index contributed by atoms with van der Waals surface area (Å²) in [5.41, 5.74) is 0.289. The van der Waals surface area contributed by atoms with Gasteiger partial charge in [-0.25, -0.2) is 0 Å². The smallest absolute Gasteiger partial charge is 0.257 e. The minimum Gasteiger partial charge on any atom is -0.507 e. The van der Waals surface area contributed by atoms with Gasteiger partial charge in [-0.2, -0.15) is 0 Å². The number of aromatic hydroxyl groups is 1. The highest BCUT2D eigenvalue weighted by Gasteiger charge is 2.29. The van der Waals surface area contributed by atoms with Crippen LogP contribution in [0.3, 0.4) is 0 Å². The number of carbonyl (C=O) groups excluding carboxylic acids is 1. The Kier molecular flexibility index (Phi) is 3.81. The molecule has 0 radical (unpaired) electrons. The molecule has 1 aromatic carbocycles. The number of amides is 1. The highest BCUT2D eigenvalue weighted by atomic mass is 35.5. The third-order valence-corrected chi connectivity index (χ3v) is 3.46. The molecule has 0 heterocycles. The molecule has 0 atom stereocenters. The number of phenolic OH excluding ortho intramolecular Hbond substituents is 1. The van der Waals surface area contributed by atoms with Gasteiger partial charge in [-0.3, -0.25) is 4.79 Å². The first-order valence-corrected chi connectivity index (χ1v) is 6.66. The maximum Gasteiger partial charge on any atom is 0.257 e. The van der Waals surface area contributed by atoms with Crippen molar-refractivity contribution in [3.05, 3.63) is 28.8 Å². The molecule has 2 rings (SSSR count). The van der Waals surface area contributed by atoms with Crippen molar-refractivity contribution in [3.63, 3.8) is 0 Å². The number of hydrogen-bond acceptors (Lipinski definition) is 2. The van der Waals surface area contributed by atoms with Gasteiger partial charge in [0.2, 0.25) is 0 Å². The van der Waals surface area contributed by atoms with Crippen molar-refractivity contribution in [2.45, 2.75) is 32.7 Å². The second kappa shape index (κ2) is 5.19. The van der Waals surface area contributed by atoms with E-state index in [1.54, 1.807) is 6.07 Å². The van der Waals surface area contributed by atoms with Gasteiger partial charge in [-0.15, -0.1) is 0 Å². The Bertz CT molecular complexity index is 455. The summed E-state index contributed by atoms with van der Waals surface area (Å²) >= 11 is 5.88. The lowest BCUT2D eigenvalue weighted by Gasteiger charge is -2.27. The topological polar surface area (TPSA) is 40.5 Å². The van der Waals surface area contributed by atoms with Gasteiger partial charge >= 0.3 is 0 Å². The number of nitrogens with zero attached hydrogens (tertiary/aromatic N) is 1. The van der Waals surface area contributed by atoms with Gasteiger partial charge in [0.15, 0.2) is 0 Å². The average Bonchev–Trinajstić information content (AvgIpc) is 3.12. The summed E-state index contributed by atoms with van der Waals surface area (Å²) in [5, 5.41) is 10.2. The Morgan fingerprint density at radius 3 is 2.72 bits per heavy atom. The van der Waals surface area contributed by atoms with Crippen LogP contribution in [0.1, 0.15) is 37.0 Å². The van der Waals surface area contributed by atoms with Crippen LogP contribution in [0.15, 0.2) is 18.2 Å². The molecule has 1 aliphatic carbocycles. The van der Waals surface area contributed by atoms with Crippen LogP contribution < -0.4 is 0 Å². The molecule has 0 bridgehead atoms. The third kappa shape index (κ3) is 2.96. The van der Waals surface area contributed by atoms with Crippen molar-refractivity contribution >= 4 is 17.5 Å². The van der Waals surface area contributed by atoms with Crippen LogP contribution in [0.4, 0.5) is 0 Å². The van der Waals surface area contributed by atoms with Crippen LogP contribution in [0, 0.1) is 5.92 Å². The lowest BCUT2D eigenvalue weighted by molar-refractivity contribution is 0.0693. The Morgan fingerprint density at radius 1 is 1.50 bits per heavy atom. The lowest BCUT2D eigenvalue weighted by Crippen LogP contribution is -2.38. The zero-order valence-electron chi connectivity index (χ0n) is 10.7. The number of hydrogen-bond donors (Lipinski definition) is 1. The van der Waals surface area contributed by atoms with E-state index in [9.17, 15) is 9.90 Å². The fraction of sp³-hybridized carbons (Fsp3) is 0.500. The molecule has 3 nitrogen and oxygen atoms in total. The lowest BCUT2D eigenvalue weighted by atomic mass is 10.1. The van der Waals surface area contributed by atoms with Crippen molar-refractivity contribution in [2.75, 3.05) is 6.54 Å². The largest absolute Gasteiger partial charge is 0.507 e. The fourth-order valence-corrected chi connectivity index (χ4v) is 2.11. The van der Waals surface area contributed by atoms with Crippen molar-refractivity contribution < 1.29 is 9.90 Å². The van der Waals surface area contributed by atoms with Gasteiger partial charge in [0.1, 0.15) is 5.75 Å². The zero-order valence-corrected chi connectivity index (χ0v) is 11.4. The quantitative estimate of drug-likeness (QED) is 0.909. The van der Waals surface area contributed by atoms with E-state index >= 15 is 0 Å². The molecule has 1 saturated carbocycles. The average molecular weight is 268 g/mol. The number of benzene rings is 1. The Morgan fingerprint density at radius 2 is 2.17 bits per heavy atom. The monoisotopic (exact) mass is 267 g/mol. The van der Waals surface area contributed by atoms with Gasteiger partial charge in [0.25, 0.3) is 5.91 Å². The number of carbonyl (C=O) groups is 1. The van der Waals surface area contributed by atoms with E-state index in [1.807, 2.05) is 18.7 Å². The summed E-state index contributed by atoms with van der Waals surface area (Å²) in [4.78, 5) is 14.2. The molecule has 18 heavy (non-hydrogen) atoms. The number of rotatable bonds is 4. The summed E-state index contributed by atoms with van der Waals surface area (Å²) in [6.07, 6.45) is 2.38. The molecule has 1 N–H and O–H groups in total. The van der Waals surface area contributed by atoms with Crippen LogP contribution >= 0.6 is 11.6 Å². The highest BCUT2D eigenvalue weighted by molar-refractivity contribution is 6.31. The zero-order chi connectivity index (χ0) is 13.3. The molecular formula is C14H18ClNO2. The number of phenols is 1. The molecule has 1 aromatic rings. The van der Waals surface area contributed by atoms with E-state index in [1.165, 1.54) is 25.0 Å². The second-order valence-corrected chi connectivity index (χ2v) is 5.59. The summed E-state index contributed by atoms with van der Waals surface area (Å²) in [7, 11) is 0. The molecule has 0 spiro atoms. The van der Waals surface area contributed by atoms with Crippen LogP contribution in [-0.4, -0.2) is 28.5 Å². The number of halogens is 1. The first-order chi connectivity index (χ1) is 8.49. The van der Waals surface area contributed by atoms with Gasteiger partial charge in [0, 0.05) is 17.6 Å². The van der Waals surface area contributed by atoms with E-state index in [-0.39, 0.29) is 23.3 Å². The van der Waals surface area contributed by atoms with Gasteiger partial charge in [-0.1, -0.05) is 11.6 Å². The van der Waals surface area contributed by atoms with Crippen molar-refractivity contribution in [2.24, 2.45) is 5.92 Å². The van der Waals surface area contributed by atoms with Crippen molar-refractivity contribution in [1.29, 1.82) is 0 Å². The highest BCUT2D eigenvalue weighted by Crippen LogP contribution is 2.32. The summed E-state index contributed by atoms with van der Waals surface area (Å²) in [6.45, 7) is 4.74. The van der Waals surface area contributed by atoms with E-state index < -0.39 is 0 Å². The summed E-state index contributed by atoms with van der Waals surface area (Å²) < 4.78 is 0. The molecule has 0 aromatic heterocycles. The van der Waals surface area contributed by atoms with Crippen molar-refractivity contribution in [1.82, 2.24) is 4.90 Å². The normalized spacial score (nSPS) is 14.9. The minimum atomic E-state index is -0.142. The predicted molar refractivity (Wildman–Crippen MR) is 72.0 cm³/mol. The first kappa shape index (κ1) is 13.2. The van der Waals surface area contributed by atoms with Crippen LogP contribution in [-0.2, 0) is 0 Å². The summed E-state index contributed by atoms with van der Waals surface area (Å²) in [5.74, 6) is 0.473. The molecule has 0 saturated heterocycles. The molecule has 0 aliphatic heterocycles. The van der Waals surface area contributed by atoms with Crippen molar-refractivity contribution in [3.8, 4) is 5.75 Å². The van der Waals surface area contributed by atoms with Gasteiger partial charge in [-0.05, 0) is 50.8 Å². The third-order valence-electron chi connectivity index (χ3n) is 3.23. The minimum absolute atomic E-state index is 0.00848. The van der Waals surface area contributed by atoms with E-state index in [0.717, 1.165) is 6.54 Å². The molecular weight excluding hydrogens is 250 g/mol. The van der Waals surface area contributed by atoms with Crippen LogP contribution in [0.2, 0.25) is 5.02 Å². The second-order valence-electron chi connectivity index (χ2n) is 5.16. The molecule has 1 amide bonds. The SMILES string of the molecule is CC(C)N(CC1CC1)C(=O)c1cc(Cl)ccc1O. The van der Waals surface area contributed by atoms with E-state index in [2.05, 4.69) is 0 Å². The standard InChI is InChI=1S/C14H18ClNO2/c1-9(2)16(8-10-3-4-10)14(18)12-7-11(15)5-6-13(12)17/h5-7,9-10,17H,3-4,8H2,1-2H3. The Labute approximate surface area is 112 Å². The Hall–Kier alpha value is -1.22. The fourth-order valence-electron chi connectivity index (χ4n) is 1.94. The van der Waals surface area contributed by atoms with Crippen LogP contribution in [0.25, 0.3) is 0 Å². The molecule has 4 heteroatoms. The van der Waals surface area contributed by atoms with E-state index in [0.29, 0.717) is 10.9 Å². The molecule has 0 unspecified atom stereocenters. The van der Waals surface area contributed by atoms with E-state index in [4.69, 9.17) is 11.6 Å². The van der Waals surface area contributed by atoms with Gasteiger partial charge < -0.3 is 10.0 Å². The molecule has 1 fully saturated rings. The molecule has 1 aliphatic rings. The summed E-state index contributed by atoms with van der Waals surface area (Å²) in [6, 6.07) is 4.69. The van der Waals surface area contributed by atoms with Crippen LogP contribution in [0.5, 0.6) is 5.75 Å². The maximum atomic E-state index is 12.4. The first-order valence-electron chi connectivity index (χ1n) is 6.28.